The molecule has 0 fully saturated rings. The standard InChI is InChI=1S/C15H12N2O2/c16-7-6-12-2-1-3-13(17-12)11-4-5-14-15(10-11)19-9-8-18-14/h1-5,10H,6,8-9H2. The van der Waals surface area contributed by atoms with Crippen molar-refractivity contribution in [2.75, 3.05) is 13.2 Å². The summed E-state index contributed by atoms with van der Waals surface area (Å²) in [5.74, 6) is 1.51. The molecule has 0 atom stereocenters. The topological polar surface area (TPSA) is 55.1 Å². The molecule has 1 aromatic carbocycles. The van der Waals surface area contributed by atoms with Gasteiger partial charge in [-0.05, 0) is 30.3 Å². The number of benzene rings is 1. The van der Waals surface area contributed by atoms with E-state index in [1.54, 1.807) is 0 Å². The van der Waals surface area contributed by atoms with E-state index in [9.17, 15) is 0 Å². The van der Waals surface area contributed by atoms with Gasteiger partial charge >= 0.3 is 0 Å². The van der Waals surface area contributed by atoms with E-state index in [0.29, 0.717) is 19.6 Å². The first-order valence-corrected chi connectivity index (χ1v) is 6.10. The van der Waals surface area contributed by atoms with E-state index in [0.717, 1.165) is 28.5 Å². The Morgan fingerprint density at radius 2 is 1.95 bits per heavy atom. The summed E-state index contributed by atoms with van der Waals surface area (Å²) < 4.78 is 11.0. The molecule has 0 saturated heterocycles. The lowest BCUT2D eigenvalue weighted by Crippen LogP contribution is -2.15. The van der Waals surface area contributed by atoms with E-state index in [1.165, 1.54) is 0 Å². The summed E-state index contributed by atoms with van der Waals surface area (Å²) in [6.07, 6.45) is 0.318. The van der Waals surface area contributed by atoms with E-state index in [4.69, 9.17) is 14.7 Å². The van der Waals surface area contributed by atoms with Gasteiger partial charge in [0, 0.05) is 5.56 Å². The molecule has 1 aromatic heterocycles. The fourth-order valence-corrected chi connectivity index (χ4v) is 2.02. The minimum absolute atomic E-state index is 0.318. The molecule has 0 bridgehead atoms. The Kier molecular flexibility index (Phi) is 3.03. The van der Waals surface area contributed by atoms with E-state index < -0.39 is 0 Å². The van der Waals surface area contributed by atoms with Crippen molar-refractivity contribution in [3.8, 4) is 28.8 Å². The third-order valence-electron chi connectivity index (χ3n) is 2.90. The van der Waals surface area contributed by atoms with Gasteiger partial charge in [-0.15, -0.1) is 0 Å². The Morgan fingerprint density at radius 3 is 2.79 bits per heavy atom. The number of hydrogen-bond donors (Lipinski definition) is 0. The van der Waals surface area contributed by atoms with Crippen molar-refractivity contribution in [3.05, 3.63) is 42.1 Å². The predicted octanol–water partition coefficient (Wildman–Crippen LogP) is 2.59. The summed E-state index contributed by atoms with van der Waals surface area (Å²) in [6, 6.07) is 13.6. The van der Waals surface area contributed by atoms with Gasteiger partial charge in [0.25, 0.3) is 0 Å². The lowest BCUT2D eigenvalue weighted by Gasteiger charge is -2.18. The van der Waals surface area contributed by atoms with Crippen molar-refractivity contribution < 1.29 is 9.47 Å². The van der Waals surface area contributed by atoms with E-state index >= 15 is 0 Å². The molecule has 2 aromatic rings. The Labute approximate surface area is 111 Å². The molecule has 1 aliphatic heterocycles. The van der Waals surface area contributed by atoms with Gasteiger partial charge in [-0.25, -0.2) is 0 Å². The number of nitrogens with zero attached hydrogens (tertiary/aromatic N) is 2. The van der Waals surface area contributed by atoms with Crippen LogP contribution in [0, 0.1) is 11.3 Å². The maximum Gasteiger partial charge on any atom is 0.162 e. The van der Waals surface area contributed by atoms with Gasteiger partial charge in [-0.3, -0.25) is 4.98 Å². The molecule has 0 radical (unpaired) electrons. The maximum atomic E-state index is 8.71. The van der Waals surface area contributed by atoms with Gasteiger partial charge in [-0.2, -0.15) is 5.26 Å². The Balaban J connectivity index is 1.98. The zero-order valence-corrected chi connectivity index (χ0v) is 10.3. The van der Waals surface area contributed by atoms with Gasteiger partial charge in [-0.1, -0.05) is 6.07 Å². The molecule has 0 aliphatic carbocycles. The van der Waals surface area contributed by atoms with Crippen molar-refractivity contribution in [3.63, 3.8) is 0 Å². The van der Waals surface area contributed by atoms with Crippen LogP contribution in [0.5, 0.6) is 11.5 Å². The highest BCUT2D eigenvalue weighted by molar-refractivity contribution is 5.64. The average molecular weight is 252 g/mol. The van der Waals surface area contributed by atoms with E-state index in [1.807, 2.05) is 36.4 Å². The molecular weight excluding hydrogens is 240 g/mol. The summed E-state index contributed by atoms with van der Waals surface area (Å²) in [7, 11) is 0. The highest BCUT2D eigenvalue weighted by Gasteiger charge is 2.12. The Morgan fingerprint density at radius 1 is 1.11 bits per heavy atom. The SMILES string of the molecule is N#CCc1cccc(-c2ccc3c(c2)OCCO3)n1. The normalized spacial score (nSPS) is 12.8. The molecule has 0 amide bonds. The minimum atomic E-state index is 0.318. The van der Waals surface area contributed by atoms with Gasteiger partial charge in [0.2, 0.25) is 0 Å². The second-order valence-corrected chi connectivity index (χ2v) is 4.21. The lowest BCUT2D eigenvalue weighted by molar-refractivity contribution is 0.171. The van der Waals surface area contributed by atoms with Crippen LogP contribution in [0.15, 0.2) is 36.4 Å². The lowest BCUT2D eigenvalue weighted by atomic mass is 10.1. The molecule has 94 valence electrons. The first-order chi connectivity index (χ1) is 9.36. The highest BCUT2D eigenvalue weighted by Crippen LogP contribution is 2.33. The number of rotatable bonds is 2. The smallest absolute Gasteiger partial charge is 0.162 e. The van der Waals surface area contributed by atoms with Gasteiger partial charge in [0.15, 0.2) is 11.5 Å². The Hall–Kier alpha value is -2.54. The molecule has 19 heavy (non-hydrogen) atoms. The van der Waals surface area contributed by atoms with Crippen LogP contribution in [0.25, 0.3) is 11.3 Å². The summed E-state index contributed by atoms with van der Waals surface area (Å²) in [5.41, 5.74) is 2.57. The second-order valence-electron chi connectivity index (χ2n) is 4.21. The van der Waals surface area contributed by atoms with Crippen molar-refractivity contribution in [2.24, 2.45) is 0 Å². The van der Waals surface area contributed by atoms with Crippen LogP contribution in [-0.4, -0.2) is 18.2 Å². The van der Waals surface area contributed by atoms with Crippen LogP contribution in [0.3, 0.4) is 0 Å². The largest absolute Gasteiger partial charge is 0.486 e. The number of pyridine rings is 1. The van der Waals surface area contributed by atoms with Crippen molar-refractivity contribution in [1.82, 2.24) is 4.98 Å². The van der Waals surface area contributed by atoms with Crippen molar-refractivity contribution in [1.29, 1.82) is 5.26 Å². The summed E-state index contributed by atoms with van der Waals surface area (Å²) in [6.45, 7) is 1.15. The van der Waals surface area contributed by atoms with Crippen LogP contribution < -0.4 is 9.47 Å². The fraction of sp³-hybridized carbons (Fsp3) is 0.200. The molecular formula is C15H12N2O2. The molecule has 0 spiro atoms. The molecule has 2 heterocycles. The number of aromatic nitrogens is 1. The number of ether oxygens (including phenoxy) is 2. The zero-order chi connectivity index (χ0) is 13.1. The van der Waals surface area contributed by atoms with Crippen molar-refractivity contribution >= 4 is 0 Å². The summed E-state index contributed by atoms with van der Waals surface area (Å²) in [5, 5.41) is 8.71. The summed E-state index contributed by atoms with van der Waals surface area (Å²) >= 11 is 0. The first-order valence-electron chi connectivity index (χ1n) is 6.10. The molecule has 0 saturated carbocycles. The number of nitriles is 1. The van der Waals surface area contributed by atoms with Crippen LogP contribution >= 0.6 is 0 Å². The van der Waals surface area contributed by atoms with Gasteiger partial charge < -0.3 is 9.47 Å². The van der Waals surface area contributed by atoms with Gasteiger partial charge in [0.05, 0.1) is 23.9 Å². The number of hydrogen-bond acceptors (Lipinski definition) is 4. The predicted molar refractivity (Wildman–Crippen MR) is 70.0 cm³/mol. The zero-order valence-electron chi connectivity index (χ0n) is 10.3. The third kappa shape index (κ3) is 2.36. The quantitative estimate of drug-likeness (QED) is 0.824. The monoisotopic (exact) mass is 252 g/mol. The first kappa shape index (κ1) is 11.5. The molecule has 0 unspecified atom stereocenters. The number of fused-ring (bicyclic) bond motifs is 1. The van der Waals surface area contributed by atoms with Crippen LogP contribution in [0.1, 0.15) is 5.69 Å². The van der Waals surface area contributed by atoms with Crippen molar-refractivity contribution in [2.45, 2.75) is 6.42 Å². The molecule has 1 aliphatic rings. The molecule has 3 rings (SSSR count). The fourth-order valence-electron chi connectivity index (χ4n) is 2.02. The average Bonchev–Trinajstić information content (AvgIpc) is 2.47. The van der Waals surface area contributed by atoms with Crippen LogP contribution in [-0.2, 0) is 6.42 Å². The Bertz CT molecular complexity index is 647. The third-order valence-corrected chi connectivity index (χ3v) is 2.90. The van der Waals surface area contributed by atoms with Crippen LogP contribution in [0.2, 0.25) is 0 Å². The molecule has 4 heteroatoms. The van der Waals surface area contributed by atoms with E-state index in [-0.39, 0.29) is 0 Å². The molecule has 0 N–H and O–H groups in total. The molecule has 4 nitrogen and oxygen atoms in total. The van der Waals surface area contributed by atoms with Crippen LogP contribution in [0.4, 0.5) is 0 Å². The van der Waals surface area contributed by atoms with Gasteiger partial charge in [0.1, 0.15) is 13.2 Å². The highest BCUT2D eigenvalue weighted by atomic mass is 16.6. The summed E-state index contributed by atoms with van der Waals surface area (Å²) in [4.78, 5) is 4.46. The second kappa shape index (κ2) is 4.99. The van der Waals surface area contributed by atoms with E-state index in [2.05, 4.69) is 11.1 Å². The minimum Gasteiger partial charge on any atom is -0.486 e. The maximum absolute atomic E-state index is 8.71.